The molecule has 0 aromatic heterocycles. The maximum absolute atomic E-state index is 9.42. The van der Waals surface area contributed by atoms with Crippen LogP contribution in [0, 0.1) is 5.92 Å². The Hall–Kier alpha value is -0.120. The van der Waals surface area contributed by atoms with Gasteiger partial charge in [-0.1, -0.05) is 12.8 Å². The molecule has 2 rings (SSSR count). The first-order valence-electron chi connectivity index (χ1n) is 8.12. The molecular weight excluding hydrogens is 236 g/mol. The molecule has 1 aliphatic carbocycles. The lowest BCUT2D eigenvalue weighted by Crippen LogP contribution is -2.58. The third kappa shape index (κ3) is 4.44. The standard InChI is InChI=1S/C16H32N2O/c1-16(2,3)17-14-8-4-5-9-15(14)18-10-6-7-13(11-18)12-19/h13-15,17,19H,4-12H2,1-3H3/t13-,14-,15-/m0/s1. The molecule has 0 bridgehead atoms. The Morgan fingerprint density at radius 2 is 1.84 bits per heavy atom. The summed E-state index contributed by atoms with van der Waals surface area (Å²) in [4.78, 5) is 2.66. The van der Waals surface area contributed by atoms with Gasteiger partial charge in [0.25, 0.3) is 0 Å². The third-order valence-corrected chi connectivity index (χ3v) is 4.63. The summed E-state index contributed by atoms with van der Waals surface area (Å²) in [5.41, 5.74) is 0.201. The molecule has 0 amide bonds. The zero-order valence-corrected chi connectivity index (χ0v) is 13.0. The van der Waals surface area contributed by atoms with Crippen LogP contribution in [0.2, 0.25) is 0 Å². The highest BCUT2D eigenvalue weighted by Crippen LogP contribution is 2.28. The van der Waals surface area contributed by atoms with Gasteiger partial charge in [-0.25, -0.2) is 0 Å². The van der Waals surface area contributed by atoms with Crippen molar-refractivity contribution >= 4 is 0 Å². The van der Waals surface area contributed by atoms with Gasteiger partial charge in [0, 0.05) is 30.8 Å². The molecule has 2 N–H and O–H groups in total. The molecule has 0 aromatic carbocycles. The lowest BCUT2D eigenvalue weighted by Gasteiger charge is -2.45. The maximum Gasteiger partial charge on any atom is 0.0471 e. The Kier molecular flexibility index (Phi) is 5.27. The number of likely N-dealkylation sites (tertiary alicyclic amines) is 1. The molecule has 1 saturated carbocycles. The number of nitrogens with zero attached hydrogens (tertiary/aromatic N) is 1. The fraction of sp³-hybridized carbons (Fsp3) is 1.00. The SMILES string of the molecule is CC(C)(C)N[C@H]1CCCC[C@@H]1N1CCC[C@H](CO)C1. The van der Waals surface area contributed by atoms with Crippen molar-refractivity contribution in [3.63, 3.8) is 0 Å². The number of rotatable bonds is 3. The number of aliphatic hydroxyl groups is 1. The normalized spacial score (nSPS) is 34.4. The van der Waals surface area contributed by atoms with Gasteiger partial charge in [0.2, 0.25) is 0 Å². The van der Waals surface area contributed by atoms with E-state index in [1.165, 1.54) is 45.1 Å². The minimum atomic E-state index is 0.201. The van der Waals surface area contributed by atoms with Crippen molar-refractivity contribution in [2.45, 2.75) is 76.9 Å². The van der Waals surface area contributed by atoms with Gasteiger partial charge in [-0.3, -0.25) is 4.90 Å². The van der Waals surface area contributed by atoms with E-state index in [4.69, 9.17) is 0 Å². The van der Waals surface area contributed by atoms with Crippen molar-refractivity contribution in [3.05, 3.63) is 0 Å². The number of hydrogen-bond donors (Lipinski definition) is 2. The quantitative estimate of drug-likeness (QED) is 0.825. The summed E-state index contributed by atoms with van der Waals surface area (Å²) in [5, 5.41) is 13.3. The second-order valence-corrected chi connectivity index (χ2v) is 7.54. The van der Waals surface area contributed by atoms with Crippen molar-refractivity contribution in [3.8, 4) is 0 Å². The molecule has 0 aromatic rings. The van der Waals surface area contributed by atoms with Crippen LogP contribution in [0.3, 0.4) is 0 Å². The fourth-order valence-electron chi connectivity index (χ4n) is 3.82. The molecule has 2 aliphatic rings. The van der Waals surface area contributed by atoms with Gasteiger partial charge in [0.05, 0.1) is 0 Å². The van der Waals surface area contributed by atoms with Crippen LogP contribution in [-0.2, 0) is 0 Å². The van der Waals surface area contributed by atoms with E-state index in [1.54, 1.807) is 0 Å². The predicted molar refractivity (Wildman–Crippen MR) is 80.3 cm³/mol. The number of nitrogens with one attached hydrogen (secondary N) is 1. The molecule has 0 spiro atoms. The molecule has 0 radical (unpaired) electrons. The zero-order valence-electron chi connectivity index (χ0n) is 13.0. The van der Waals surface area contributed by atoms with Crippen LogP contribution in [0.25, 0.3) is 0 Å². The molecule has 0 unspecified atom stereocenters. The molecular formula is C16H32N2O. The van der Waals surface area contributed by atoms with Crippen molar-refractivity contribution in [2.24, 2.45) is 5.92 Å². The Bertz CT molecular complexity index is 274. The minimum absolute atomic E-state index is 0.201. The van der Waals surface area contributed by atoms with Crippen LogP contribution in [0.4, 0.5) is 0 Å². The van der Waals surface area contributed by atoms with E-state index in [0.29, 0.717) is 24.6 Å². The van der Waals surface area contributed by atoms with Gasteiger partial charge in [0.15, 0.2) is 0 Å². The number of hydrogen-bond acceptors (Lipinski definition) is 3. The van der Waals surface area contributed by atoms with Gasteiger partial charge in [0.1, 0.15) is 0 Å². The molecule has 112 valence electrons. The smallest absolute Gasteiger partial charge is 0.0471 e. The summed E-state index contributed by atoms with van der Waals surface area (Å²) in [6, 6.07) is 1.31. The van der Waals surface area contributed by atoms with E-state index in [-0.39, 0.29) is 5.54 Å². The van der Waals surface area contributed by atoms with Crippen LogP contribution in [0.1, 0.15) is 59.3 Å². The average Bonchev–Trinajstić information content (AvgIpc) is 2.37. The average molecular weight is 268 g/mol. The van der Waals surface area contributed by atoms with Crippen LogP contribution in [0.15, 0.2) is 0 Å². The first kappa shape index (κ1) is 15.3. The number of aliphatic hydroxyl groups excluding tert-OH is 1. The highest BCUT2D eigenvalue weighted by molar-refractivity contribution is 4.93. The van der Waals surface area contributed by atoms with Crippen molar-refractivity contribution in [2.75, 3.05) is 19.7 Å². The van der Waals surface area contributed by atoms with Crippen LogP contribution in [0.5, 0.6) is 0 Å². The van der Waals surface area contributed by atoms with Crippen LogP contribution >= 0.6 is 0 Å². The second-order valence-electron chi connectivity index (χ2n) is 7.54. The molecule has 3 heteroatoms. The zero-order chi connectivity index (χ0) is 13.9. The third-order valence-electron chi connectivity index (χ3n) is 4.63. The summed E-state index contributed by atoms with van der Waals surface area (Å²) >= 11 is 0. The molecule has 2 fully saturated rings. The highest BCUT2D eigenvalue weighted by Gasteiger charge is 2.34. The summed E-state index contributed by atoms with van der Waals surface area (Å²) in [6.45, 7) is 9.50. The first-order chi connectivity index (χ1) is 8.99. The van der Waals surface area contributed by atoms with E-state index in [0.717, 1.165) is 6.54 Å². The van der Waals surface area contributed by atoms with Crippen molar-refractivity contribution < 1.29 is 5.11 Å². The van der Waals surface area contributed by atoms with Crippen LogP contribution in [-0.4, -0.2) is 47.3 Å². The minimum Gasteiger partial charge on any atom is -0.396 e. The van der Waals surface area contributed by atoms with Gasteiger partial charge < -0.3 is 10.4 Å². The van der Waals surface area contributed by atoms with Crippen LogP contribution < -0.4 is 5.32 Å². The monoisotopic (exact) mass is 268 g/mol. The summed E-state index contributed by atoms with van der Waals surface area (Å²) in [7, 11) is 0. The Labute approximate surface area is 118 Å². The first-order valence-corrected chi connectivity index (χ1v) is 8.12. The van der Waals surface area contributed by atoms with Gasteiger partial charge in [-0.05, 0) is 58.9 Å². The summed E-state index contributed by atoms with van der Waals surface area (Å²) in [6.07, 6.45) is 7.82. The van der Waals surface area contributed by atoms with Crippen molar-refractivity contribution in [1.29, 1.82) is 0 Å². The molecule has 1 saturated heterocycles. The Morgan fingerprint density at radius 3 is 2.53 bits per heavy atom. The molecule has 19 heavy (non-hydrogen) atoms. The van der Waals surface area contributed by atoms with Crippen molar-refractivity contribution in [1.82, 2.24) is 10.2 Å². The van der Waals surface area contributed by atoms with E-state index >= 15 is 0 Å². The highest BCUT2D eigenvalue weighted by atomic mass is 16.3. The van der Waals surface area contributed by atoms with Gasteiger partial charge in [-0.2, -0.15) is 0 Å². The van der Waals surface area contributed by atoms with E-state index in [9.17, 15) is 5.11 Å². The molecule has 1 heterocycles. The van der Waals surface area contributed by atoms with E-state index < -0.39 is 0 Å². The lowest BCUT2D eigenvalue weighted by atomic mass is 9.85. The van der Waals surface area contributed by atoms with E-state index in [2.05, 4.69) is 31.0 Å². The Balaban J connectivity index is 1.98. The molecule has 3 atom stereocenters. The Morgan fingerprint density at radius 1 is 1.11 bits per heavy atom. The number of piperidine rings is 1. The predicted octanol–water partition coefficient (Wildman–Crippen LogP) is 2.39. The second kappa shape index (κ2) is 6.55. The topological polar surface area (TPSA) is 35.5 Å². The maximum atomic E-state index is 9.42. The fourth-order valence-corrected chi connectivity index (χ4v) is 3.82. The van der Waals surface area contributed by atoms with E-state index in [1.807, 2.05) is 0 Å². The lowest BCUT2D eigenvalue weighted by molar-refractivity contribution is 0.0499. The van der Waals surface area contributed by atoms with Gasteiger partial charge >= 0.3 is 0 Å². The summed E-state index contributed by atoms with van der Waals surface area (Å²) < 4.78 is 0. The largest absolute Gasteiger partial charge is 0.396 e. The van der Waals surface area contributed by atoms with Gasteiger partial charge in [-0.15, -0.1) is 0 Å². The molecule has 3 nitrogen and oxygen atoms in total. The summed E-state index contributed by atoms with van der Waals surface area (Å²) in [5.74, 6) is 0.506. The molecule has 1 aliphatic heterocycles.